The van der Waals surface area contributed by atoms with Gasteiger partial charge in [0.25, 0.3) is 0 Å². The van der Waals surface area contributed by atoms with E-state index in [1.165, 1.54) is 32.1 Å². The highest BCUT2D eigenvalue weighted by atomic mass is 35.5. The standard InChI is InChI=1S/C17H32N2O2.ClH/c1-2-21-13-12-16(8-6-7-9-16)14-19-15(20)17(18)10-4-3-5-11-17;/h2-14,18H2,1H3,(H,19,20);1H. The van der Waals surface area contributed by atoms with Crippen molar-refractivity contribution in [3.63, 3.8) is 0 Å². The van der Waals surface area contributed by atoms with Crippen LogP contribution in [0.2, 0.25) is 0 Å². The fraction of sp³-hybridized carbons (Fsp3) is 0.941. The molecule has 2 rings (SSSR count). The van der Waals surface area contributed by atoms with Crippen LogP contribution < -0.4 is 11.1 Å². The van der Waals surface area contributed by atoms with E-state index < -0.39 is 5.54 Å². The molecule has 2 fully saturated rings. The Balaban J connectivity index is 0.00000242. The van der Waals surface area contributed by atoms with Crippen molar-refractivity contribution < 1.29 is 9.53 Å². The van der Waals surface area contributed by atoms with Gasteiger partial charge < -0.3 is 15.8 Å². The first-order chi connectivity index (χ1) is 10.1. The van der Waals surface area contributed by atoms with Crippen molar-refractivity contribution in [1.29, 1.82) is 0 Å². The molecule has 0 spiro atoms. The molecule has 0 aromatic heterocycles. The van der Waals surface area contributed by atoms with E-state index in [1.807, 2.05) is 6.92 Å². The van der Waals surface area contributed by atoms with Crippen LogP contribution in [0.1, 0.15) is 71.1 Å². The summed E-state index contributed by atoms with van der Waals surface area (Å²) >= 11 is 0. The molecule has 0 aliphatic heterocycles. The first-order valence-electron chi connectivity index (χ1n) is 8.75. The van der Waals surface area contributed by atoms with Crippen LogP contribution in [0.25, 0.3) is 0 Å². The minimum atomic E-state index is -0.613. The molecule has 2 aliphatic rings. The fourth-order valence-corrected chi connectivity index (χ4v) is 3.93. The lowest BCUT2D eigenvalue weighted by molar-refractivity contribution is -0.128. The number of hydrogen-bond donors (Lipinski definition) is 2. The van der Waals surface area contributed by atoms with E-state index in [9.17, 15) is 4.79 Å². The molecule has 0 unspecified atom stereocenters. The number of amides is 1. The quantitative estimate of drug-likeness (QED) is 0.704. The topological polar surface area (TPSA) is 64.3 Å². The van der Waals surface area contributed by atoms with Gasteiger partial charge in [-0.2, -0.15) is 0 Å². The zero-order chi connectivity index (χ0) is 15.2. The van der Waals surface area contributed by atoms with Gasteiger partial charge in [0.15, 0.2) is 0 Å². The molecular weight excluding hydrogens is 300 g/mol. The van der Waals surface area contributed by atoms with Crippen molar-refractivity contribution in [2.24, 2.45) is 11.1 Å². The lowest BCUT2D eigenvalue weighted by Gasteiger charge is -2.35. The van der Waals surface area contributed by atoms with E-state index in [4.69, 9.17) is 10.5 Å². The number of nitrogens with one attached hydrogen (secondary N) is 1. The zero-order valence-corrected chi connectivity index (χ0v) is 14.8. The second-order valence-corrected chi connectivity index (χ2v) is 7.05. The predicted molar refractivity (Wildman–Crippen MR) is 92.3 cm³/mol. The fourth-order valence-electron chi connectivity index (χ4n) is 3.93. The Morgan fingerprint density at radius 2 is 1.68 bits per heavy atom. The van der Waals surface area contributed by atoms with E-state index in [2.05, 4.69) is 5.32 Å². The summed E-state index contributed by atoms with van der Waals surface area (Å²) < 4.78 is 5.53. The minimum Gasteiger partial charge on any atom is -0.382 e. The molecule has 4 nitrogen and oxygen atoms in total. The van der Waals surface area contributed by atoms with Gasteiger partial charge in [0, 0.05) is 19.8 Å². The molecule has 130 valence electrons. The highest BCUT2D eigenvalue weighted by Gasteiger charge is 2.38. The third-order valence-corrected chi connectivity index (χ3v) is 5.47. The Kier molecular flexibility index (Phi) is 8.15. The van der Waals surface area contributed by atoms with Crippen molar-refractivity contribution in [1.82, 2.24) is 5.32 Å². The molecule has 22 heavy (non-hydrogen) atoms. The lowest BCUT2D eigenvalue weighted by atomic mass is 9.80. The summed E-state index contributed by atoms with van der Waals surface area (Å²) in [5.74, 6) is 0.0740. The van der Waals surface area contributed by atoms with Crippen molar-refractivity contribution in [2.75, 3.05) is 19.8 Å². The molecule has 0 atom stereocenters. The highest BCUT2D eigenvalue weighted by Crippen LogP contribution is 2.40. The molecule has 0 bridgehead atoms. The van der Waals surface area contributed by atoms with Crippen LogP contribution in [-0.2, 0) is 9.53 Å². The molecule has 1 amide bonds. The van der Waals surface area contributed by atoms with Crippen molar-refractivity contribution in [2.45, 2.75) is 76.7 Å². The smallest absolute Gasteiger partial charge is 0.240 e. The van der Waals surface area contributed by atoms with Crippen LogP contribution in [0, 0.1) is 5.41 Å². The van der Waals surface area contributed by atoms with E-state index in [-0.39, 0.29) is 23.7 Å². The molecule has 0 saturated heterocycles. The van der Waals surface area contributed by atoms with E-state index in [1.54, 1.807) is 0 Å². The van der Waals surface area contributed by atoms with E-state index in [0.717, 1.165) is 51.9 Å². The van der Waals surface area contributed by atoms with Crippen molar-refractivity contribution in [3.8, 4) is 0 Å². The Morgan fingerprint density at radius 1 is 1.09 bits per heavy atom. The van der Waals surface area contributed by atoms with Gasteiger partial charge in [0.1, 0.15) is 0 Å². The highest BCUT2D eigenvalue weighted by molar-refractivity contribution is 5.86. The van der Waals surface area contributed by atoms with Gasteiger partial charge in [-0.3, -0.25) is 4.79 Å². The first-order valence-corrected chi connectivity index (χ1v) is 8.75. The third kappa shape index (κ3) is 5.10. The van der Waals surface area contributed by atoms with Crippen molar-refractivity contribution >= 4 is 18.3 Å². The second-order valence-electron chi connectivity index (χ2n) is 7.05. The van der Waals surface area contributed by atoms with Crippen molar-refractivity contribution in [3.05, 3.63) is 0 Å². The predicted octanol–water partition coefficient (Wildman–Crippen LogP) is 3.17. The number of ether oxygens (including phenoxy) is 1. The lowest BCUT2D eigenvalue weighted by Crippen LogP contribution is -2.56. The summed E-state index contributed by atoms with van der Waals surface area (Å²) in [5, 5.41) is 3.18. The average molecular weight is 333 g/mol. The summed E-state index contributed by atoms with van der Waals surface area (Å²) in [6.45, 7) is 4.39. The second kappa shape index (κ2) is 9.09. The van der Waals surface area contributed by atoms with Gasteiger partial charge >= 0.3 is 0 Å². The maximum Gasteiger partial charge on any atom is 0.240 e. The van der Waals surface area contributed by atoms with Crippen LogP contribution in [0.4, 0.5) is 0 Å². The number of carbonyl (C=O) groups excluding carboxylic acids is 1. The molecular formula is C17H33ClN2O2. The van der Waals surface area contributed by atoms with Gasteiger partial charge in [-0.05, 0) is 44.4 Å². The van der Waals surface area contributed by atoms with E-state index >= 15 is 0 Å². The largest absolute Gasteiger partial charge is 0.382 e. The average Bonchev–Trinajstić information content (AvgIpc) is 2.95. The van der Waals surface area contributed by atoms with Crippen LogP contribution >= 0.6 is 12.4 Å². The Morgan fingerprint density at radius 3 is 2.27 bits per heavy atom. The van der Waals surface area contributed by atoms with Crippen LogP contribution in [-0.4, -0.2) is 31.2 Å². The van der Waals surface area contributed by atoms with Gasteiger partial charge in [-0.15, -0.1) is 12.4 Å². The van der Waals surface area contributed by atoms with Gasteiger partial charge in [0.2, 0.25) is 5.91 Å². The van der Waals surface area contributed by atoms with E-state index in [0.29, 0.717) is 0 Å². The zero-order valence-electron chi connectivity index (χ0n) is 14.0. The molecule has 2 saturated carbocycles. The maximum atomic E-state index is 12.5. The number of carbonyl (C=O) groups is 1. The summed E-state index contributed by atoms with van der Waals surface area (Å²) in [7, 11) is 0. The van der Waals surface area contributed by atoms with Gasteiger partial charge in [-0.1, -0.05) is 32.1 Å². The monoisotopic (exact) mass is 332 g/mol. The third-order valence-electron chi connectivity index (χ3n) is 5.47. The number of nitrogens with two attached hydrogens (primary N) is 1. The van der Waals surface area contributed by atoms with Gasteiger partial charge in [-0.25, -0.2) is 0 Å². The Bertz CT molecular complexity index is 338. The normalized spacial score (nSPS) is 22.8. The molecule has 2 aliphatic carbocycles. The Hall–Kier alpha value is -0.320. The SMILES string of the molecule is CCOCCC1(CNC(=O)C2(N)CCCCC2)CCCC1.Cl. The minimum absolute atomic E-state index is 0. The Labute approximate surface area is 141 Å². The van der Waals surface area contributed by atoms with Crippen LogP contribution in [0.3, 0.4) is 0 Å². The molecule has 0 heterocycles. The number of halogens is 1. The van der Waals surface area contributed by atoms with Gasteiger partial charge in [0.05, 0.1) is 5.54 Å². The number of hydrogen-bond acceptors (Lipinski definition) is 3. The molecule has 0 aromatic carbocycles. The number of rotatable bonds is 7. The molecule has 3 N–H and O–H groups in total. The summed E-state index contributed by atoms with van der Waals surface area (Å²) in [6, 6.07) is 0. The maximum absolute atomic E-state index is 12.5. The first kappa shape index (κ1) is 19.7. The summed E-state index contributed by atoms with van der Waals surface area (Å²) in [6.07, 6.45) is 11.1. The molecule has 5 heteroatoms. The molecule has 0 radical (unpaired) electrons. The van der Waals surface area contributed by atoms with Crippen LogP contribution in [0.5, 0.6) is 0 Å². The summed E-state index contributed by atoms with van der Waals surface area (Å²) in [5.41, 5.74) is 5.95. The summed E-state index contributed by atoms with van der Waals surface area (Å²) in [4.78, 5) is 12.5. The van der Waals surface area contributed by atoms with Crippen LogP contribution in [0.15, 0.2) is 0 Å². The molecule has 0 aromatic rings.